The Balaban J connectivity index is 1.80. The van der Waals surface area contributed by atoms with Crippen LogP contribution in [0.3, 0.4) is 0 Å². The van der Waals surface area contributed by atoms with E-state index in [4.69, 9.17) is 9.47 Å². The molecule has 0 bridgehead atoms. The highest BCUT2D eigenvalue weighted by Gasteiger charge is 2.14. The fourth-order valence-electron chi connectivity index (χ4n) is 2.57. The summed E-state index contributed by atoms with van der Waals surface area (Å²) in [5.41, 5.74) is 2.44. The van der Waals surface area contributed by atoms with Gasteiger partial charge in [0.15, 0.2) is 0 Å². The van der Waals surface area contributed by atoms with Gasteiger partial charge in [0.05, 0.1) is 6.73 Å². The van der Waals surface area contributed by atoms with Gasteiger partial charge in [-0.1, -0.05) is 67.7 Å². The number of benzene rings is 2. The van der Waals surface area contributed by atoms with Crippen molar-refractivity contribution in [2.45, 2.75) is 45.1 Å². The molecule has 0 fully saturated rings. The summed E-state index contributed by atoms with van der Waals surface area (Å²) in [6.07, 6.45) is 0.934. The molecule has 0 saturated heterocycles. The molecule has 1 N–H and O–H groups in total. The molecule has 3 nitrogen and oxygen atoms in total. The van der Waals surface area contributed by atoms with Crippen molar-refractivity contribution in [3.63, 3.8) is 0 Å². The molecule has 0 aliphatic carbocycles. The summed E-state index contributed by atoms with van der Waals surface area (Å²) >= 11 is 0. The highest BCUT2D eigenvalue weighted by molar-refractivity contribution is 6.76. The molecule has 142 valence electrons. The summed E-state index contributed by atoms with van der Waals surface area (Å²) in [4.78, 5) is 0. The Morgan fingerprint density at radius 2 is 1.65 bits per heavy atom. The van der Waals surface area contributed by atoms with Crippen molar-refractivity contribution in [3.8, 4) is 5.75 Å². The van der Waals surface area contributed by atoms with E-state index in [2.05, 4.69) is 68.3 Å². The summed E-state index contributed by atoms with van der Waals surface area (Å²) in [6.45, 7) is 11.5. The van der Waals surface area contributed by atoms with Crippen LogP contribution in [0.2, 0.25) is 25.7 Å². The van der Waals surface area contributed by atoms with Crippen molar-refractivity contribution < 1.29 is 9.47 Å². The van der Waals surface area contributed by atoms with E-state index in [0.717, 1.165) is 25.3 Å². The first-order valence-electron chi connectivity index (χ1n) is 9.51. The minimum Gasteiger partial charge on any atom is -0.486 e. The second kappa shape index (κ2) is 10.5. The van der Waals surface area contributed by atoms with Crippen molar-refractivity contribution in [1.82, 2.24) is 5.32 Å². The Kier molecular flexibility index (Phi) is 8.36. The Bertz CT molecular complexity index is 623. The van der Waals surface area contributed by atoms with Gasteiger partial charge in [0.25, 0.3) is 0 Å². The molecular weight excluding hydrogens is 338 g/mol. The average molecular weight is 372 g/mol. The minimum absolute atomic E-state index is 0.0355. The monoisotopic (exact) mass is 371 g/mol. The summed E-state index contributed by atoms with van der Waals surface area (Å²) in [5, 5.41) is 3.38. The first kappa shape index (κ1) is 20.7. The maximum atomic E-state index is 6.25. The number of ether oxygens (including phenoxy) is 2. The van der Waals surface area contributed by atoms with Crippen molar-refractivity contribution >= 4 is 8.07 Å². The van der Waals surface area contributed by atoms with Gasteiger partial charge in [0.2, 0.25) is 0 Å². The molecule has 0 radical (unpaired) electrons. The smallest absolute Gasteiger partial charge is 0.125 e. The van der Waals surface area contributed by atoms with E-state index in [1.54, 1.807) is 0 Å². The number of rotatable bonds is 11. The zero-order valence-corrected chi connectivity index (χ0v) is 17.6. The topological polar surface area (TPSA) is 30.5 Å². The molecule has 0 heterocycles. The van der Waals surface area contributed by atoms with Gasteiger partial charge < -0.3 is 9.47 Å². The van der Waals surface area contributed by atoms with E-state index < -0.39 is 8.07 Å². The summed E-state index contributed by atoms with van der Waals surface area (Å²) < 4.78 is 12.0. The molecule has 0 amide bonds. The van der Waals surface area contributed by atoms with Crippen LogP contribution in [0.25, 0.3) is 0 Å². The van der Waals surface area contributed by atoms with Crippen LogP contribution in [0.15, 0.2) is 54.6 Å². The molecule has 0 aromatic heterocycles. The van der Waals surface area contributed by atoms with Gasteiger partial charge in [-0.25, -0.2) is 0 Å². The summed E-state index contributed by atoms with van der Waals surface area (Å²) in [5.74, 6) is 0.913. The molecule has 2 aromatic carbocycles. The van der Waals surface area contributed by atoms with Crippen molar-refractivity contribution in [1.29, 1.82) is 0 Å². The third-order valence-electron chi connectivity index (χ3n) is 4.25. The normalized spacial score (nSPS) is 12.8. The first-order valence-corrected chi connectivity index (χ1v) is 13.2. The van der Waals surface area contributed by atoms with Gasteiger partial charge in [-0.3, -0.25) is 5.32 Å². The molecule has 4 heteroatoms. The molecule has 0 aliphatic rings. The second-order valence-corrected chi connectivity index (χ2v) is 13.6. The number of hydrogen-bond acceptors (Lipinski definition) is 3. The third-order valence-corrected chi connectivity index (χ3v) is 5.96. The fraction of sp³-hybridized carbons (Fsp3) is 0.455. The van der Waals surface area contributed by atoms with Gasteiger partial charge in [-0.05, 0) is 30.7 Å². The Morgan fingerprint density at radius 3 is 2.31 bits per heavy atom. The highest BCUT2D eigenvalue weighted by Crippen LogP contribution is 2.24. The van der Waals surface area contributed by atoms with E-state index >= 15 is 0 Å². The summed E-state index contributed by atoms with van der Waals surface area (Å²) in [6, 6.07) is 19.9. The van der Waals surface area contributed by atoms with Crippen molar-refractivity contribution in [2.75, 3.05) is 19.9 Å². The van der Waals surface area contributed by atoms with Crippen LogP contribution in [-0.2, 0) is 4.74 Å². The van der Waals surface area contributed by atoms with Gasteiger partial charge >= 0.3 is 0 Å². The SMILES string of the molecule is Cc1ccc(OC(CCNCOCC[Si](C)(C)C)c2ccccc2)cc1. The standard InChI is InChI=1S/C22H33NO2Si/c1-19-10-12-21(13-11-19)25-22(20-8-6-5-7-9-20)14-15-23-18-24-16-17-26(2,3)4/h5-13,22-23H,14-18H2,1-4H3. The van der Waals surface area contributed by atoms with Gasteiger partial charge in [0.1, 0.15) is 11.9 Å². The molecule has 0 aliphatic heterocycles. The van der Waals surface area contributed by atoms with E-state index in [9.17, 15) is 0 Å². The summed E-state index contributed by atoms with van der Waals surface area (Å²) in [7, 11) is -1.01. The predicted molar refractivity (Wildman–Crippen MR) is 113 cm³/mol. The zero-order chi connectivity index (χ0) is 18.8. The number of hydrogen-bond donors (Lipinski definition) is 1. The van der Waals surface area contributed by atoms with E-state index in [1.807, 2.05) is 18.2 Å². The van der Waals surface area contributed by atoms with Crippen molar-refractivity contribution in [3.05, 3.63) is 65.7 Å². The van der Waals surface area contributed by atoms with Gasteiger partial charge in [0, 0.05) is 27.6 Å². The highest BCUT2D eigenvalue weighted by atomic mass is 28.3. The quantitative estimate of drug-likeness (QED) is 0.325. The molecule has 2 rings (SSSR count). The van der Waals surface area contributed by atoms with E-state index in [1.165, 1.54) is 17.2 Å². The maximum absolute atomic E-state index is 6.25. The first-order chi connectivity index (χ1) is 12.4. The van der Waals surface area contributed by atoms with Crippen LogP contribution in [0, 0.1) is 6.92 Å². The Labute approximate surface area is 159 Å². The largest absolute Gasteiger partial charge is 0.486 e. The van der Waals surface area contributed by atoms with Crippen LogP contribution in [0.1, 0.15) is 23.7 Å². The van der Waals surface area contributed by atoms with Crippen LogP contribution >= 0.6 is 0 Å². The van der Waals surface area contributed by atoms with Crippen LogP contribution in [0.4, 0.5) is 0 Å². The molecule has 1 atom stereocenters. The molecule has 26 heavy (non-hydrogen) atoms. The number of nitrogens with one attached hydrogen (secondary N) is 1. The van der Waals surface area contributed by atoms with Gasteiger partial charge in [-0.15, -0.1) is 0 Å². The predicted octanol–water partition coefficient (Wildman–Crippen LogP) is 5.41. The second-order valence-electron chi connectivity index (χ2n) is 7.98. The lowest BCUT2D eigenvalue weighted by Gasteiger charge is -2.20. The lowest BCUT2D eigenvalue weighted by Crippen LogP contribution is -2.26. The molecule has 1 unspecified atom stereocenters. The van der Waals surface area contributed by atoms with Gasteiger partial charge in [-0.2, -0.15) is 0 Å². The third kappa shape index (κ3) is 8.17. The minimum atomic E-state index is -1.01. The Morgan fingerprint density at radius 1 is 0.962 bits per heavy atom. The lowest BCUT2D eigenvalue weighted by atomic mass is 10.1. The molecular formula is C22H33NO2Si. The maximum Gasteiger partial charge on any atom is 0.125 e. The number of aryl methyl sites for hydroxylation is 1. The fourth-order valence-corrected chi connectivity index (χ4v) is 3.33. The lowest BCUT2D eigenvalue weighted by molar-refractivity contribution is 0.122. The van der Waals surface area contributed by atoms with Crippen LogP contribution in [0.5, 0.6) is 5.75 Å². The molecule has 2 aromatic rings. The van der Waals surface area contributed by atoms with E-state index in [0.29, 0.717) is 6.73 Å². The molecule has 0 saturated carbocycles. The van der Waals surface area contributed by atoms with Crippen molar-refractivity contribution in [2.24, 2.45) is 0 Å². The Hall–Kier alpha value is -1.62. The van der Waals surface area contributed by atoms with E-state index in [-0.39, 0.29) is 6.10 Å². The zero-order valence-electron chi connectivity index (χ0n) is 16.6. The average Bonchev–Trinajstić information content (AvgIpc) is 2.61. The molecule has 0 spiro atoms. The van der Waals surface area contributed by atoms with Crippen LogP contribution < -0.4 is 10.1 Å². The van der Waals surface area contributed by atoms with Crippen LogP contribution in [-0.4, -0.2) is 28.0 Å².